The van der Waals surface area contributed by atoms with Crippen LogP contribution in [0.2, 0.25) is 0 Å². The van der Waals surface area contributed by atoms with Crippen LogP contribution in [0.4, 0.5) is 5.69 Å². The number of nitrogens with two attached hydrogens (primary N) is 1. The highest BCUT2D eigenvalue weighted by molar-refractivity contribution is 7.93. The first-order valence-electron chi connectivity index (χ1n) is 7.17. The van der Waals surface area contributed by atoms with E-state index < -0.39 is 15.1 Å². The monoisotopic (exact) mass is 311 g/mol. The summed E-state index contributed by atoms with van der Waals surface area (Å²) < 4.78 is 25.1. The first-order chi connectivity index (χ1) is 9.94. The Balaban J connectivity index is 2.23. The molecule has 1 aliphatic rings. The first-order valence-corrected chi connectivity index (χ1v) is 8.71. The highest BCUT2D eigenvalue weighted by atomic mass is 32.2. The van der Waals surface area contributed by atoms with Gasteiger partial charge in [-0.1, -0.05) is 12.8 Å². The van der Waals surface area contributed by atoms with Gasteiger partial charge in [-0.25, -0.2) is 8.42 Å². The van der Waals surface area contributed by atoms with E-state index in [2.05, 4.69) is 4.98 Å². The van der Waals surface area contributed by atoms with Crippen LogP contribution in [0.5, 0.6) is 0 Å². The number of pyridine rings is 1. The van der Waals surface area contributed by atoms with Crippen molar-refractivity contribution in [3.05, 3.63) is 18.5 Å². The normalized spacial score (nSPS) is 18.0. The van der Waals surface area contributed by atoms with E-state index in [1.54, 1.807) is 4.90 Å². The Morgan fingerprint density at radius 3 is 2.48 bits per heavy atom. The average molecular weight is 311 g/mol. The van der Waals surface area contributed by atoms with Gasteiger partial charge in [0.2, 0.25) is 5.91 Å². The largest absolute Gasteiger partial charge is 0.396 e. The van der Waals surface area contributed by atoms with Gasteiger partial charge < -0.3 is 10.6 Å². The molecule has 1 amide bonds. The first kappa shape index (κ1) is 15.8. The zero-order valence-electron chi connectivity index (χ0n) is 12.2. The summed E-state index contributed by atoms with van der Waals surface area (Å²) in [6.45, 7) is 2.69. The lowest BCUT2D eigenvalue weighted by Crippen LogP contribution is -2.42. The van der Waals surface area contributed by atoms with E-state index in [-0.39, 0.29) is 16.5 Å². The molecule has 21 heavy (non-hydrogen) atoms. The molecule has 116 valence electrons. The third kappa shape index (κ3) is 3.34. The zero-order valence-corrected chi connectivity index (χ0v) is 13.0. The summed E-state index contributed by atoms with van der Waals surface area (Å²) in [4.78, 5) is 17.9. The molecule has 1 aromatic heterocycles. The van der Waals surface area contributed by atoms with Crippen molar-refractivity contribution in [3.8, 4) is 0 Å². The smallest absolute Gasteiger partial charge is 0.241 e. The lowest BCUT2D eigenvalue weighted by Gasteiger charge is -2.24. The van der Waals surface area contributed by atoms with Crippen molar-refractivity contribution < 1.29 is 13.2 Å². The van der Waals surface area contributed by atoms with Crippen LogP contribution in [0.25, 0.3) is 0 Å². The molecule has 0 aliphatic carbocycles. The predicted molar refractivity (Wildman–Crippen MR) is 80.3 cm³/mol. The van der Waals surface area contributed by atoms with E-state index in [0.717, 1.165) is 25.7 Å². The molecule has 1 saturated heterocycles. The van der Waals surface area contributed by atoms with Crippen LogP contribution in [0.15, 0.2) is 23.4 Å². The third-order valence-corrected chi connectivity index (χ3v) is 5.96. The third-order valence-electron chi connectivity index (χ3n) is 3.85. The van der Waals surface area contributed by atoms with Gasteiger partial charge >= 0.3 is 0 Å². The topological polar surface area (TPSA) is 93.4 Å². The van der Waals surface area contributed by atoms with Crippen LogP contribution in [0.3, 0.4) is 0 Å². The molecule has 0 spiro atoms. The second-order valence-corrected chi connectivity index (χ2v) is 7.58. The van der Waals surface area contributed by atoms with Crippen molar-refractivity contribution in [2.45, 2.75) is 42.8 Å². The molecule has 2 rings (SSSR count). The van der Waals surface area contributed by atoms with Gasteiger partial charge in [-0.15, -0.1) is 0 Å². The summed E-state index contributed by atoms with van der Waals surface area (Å²) in [7, 11) is -3.79. The summed E-state index contributed by atoms with van der Waals surface area (Å²) in [6.07, 6.45) is 6.68. The Hall–Kier alpha value is -1.63. The van der Waals surface area contributed by atoms with Gasteiger partial charge in [-0.3, -0.25) is 9.78 Å². The van der Waals surface area contributed by atoms with Crippen LogP contribution in [-0.4, -0.2) is 42.5 Å². The van der Waals surface area contributed by atoms with Crippen molar-refractivity contribution in [1.82, 2.24) is 9.88 Å². The van der Waals surface area contributed by atoms with Gasteiger partial charge in [0.1, 0.15) is 5.25 Å². The quantitative estimate of drug-likeness (QED) is 0.906. The summed E-state index contributed by atoms with van der Waals surface area (Å²) in [5, 5.41) is -1.12. The number of carbonyl (C=O) groups excluding carboxylic acids is 1. The Bertz CT molecular complexity index is 608. The highest BCUT2D eigenvalue weighted by Crippen LogP contribution is 2.23. The van der Waals surface area contributed by atoms with Crippen LogP contribution in [-0.2, 0) is 14.6 Å². The molecular formula is C14H21N3O3S. The maximum Gasteiger partial charge on any atom is 0.241 e. The van der Waals surface area contributed by atoms with Crippen LogP contribution >= 0.6 is 0 Å². The van der Waals surface area contributed by atoms with E-state index >= 15 is 0 Å². The molecule has 0 saturated carbocycles. The van der Waals surface area contributed by atoms with Crippen molar-refractivity contribution in [3.63, 3.8) is 0 Å². The van der Waals surface area contributed by atoms with Crippen molar-refractivity contribution in [1.29, 1.82) is 0 Å². The molecule has 1 fully saturated rings. The van der Waals surface area contributed by atoms with Crippen LogP contribution in [0, 0.1) is 0 Å². The maximum absolute atomic E-state index is 12.6. The lowest BCUT2D eigenvalue weighted by atomic mass is 10.2. The van der Waals surface area contributed by atoms with E-state index in [1.165, 1.54) is 25.4 Å². The summed E-state index contributed by atoms with van der Waals surface area (Å²) >= 11 is 0. The van der Waals surface area contributed by atoms with E-state index in [0.29, 0.717) is 13.1 Å². The number of nitrogens with zero attached hydrogens (tertiary/aromatic N) is 2. The molecule has 0 radical (unpaired) electrons. The minimum atomic E-state index is -3.79. The summed E-state index contributed by atoms with van der Waals surface area (Å²) in [5.74, 6) is -0.340. The number of sulfone groups is 1. The minimum Gasteiger partial charge on any atom is -0.396 e. The molecule has 1 aliphatic heterocycles. The molecule has 1 aromatic rings. The molecule has 0 aromatic carbocycles. The number of nitrogen functional groups attached to an aromatic ring is 1. The fraction of sp³-hybridized carbons (Fsp3) is 0.571. The molecule has 2 N–H and O–H groups in total. The van der Waals surface area contributed by atoms with Crippen molar-refractivity contribution in [2.24, 2.45) is 0 Å². The second kappa shape index (κ2) is 6.43. The molecule has 2 heterocycles. The fourth-order valence-electron chi connectivity index (χ4n) is 2.52. The maximum atomic E-state index is 12.6. The van der Waals surface area contributed by atoms with Crippen LogP contribution < -0.4 is 5.73 Å². The predicted octanol–water partition coefficient (Wildman–Crippen LogP) is 1.23. The number of aromatic nitrogens is 1. The highest BCUT2D eigenvalue weighted by Gasteiger charge is 2.34. The van der Waals surface area contributed by atoms with Crippen LogP contribution in [0.1, 0.15) is 32.6 Å². The van der Waals surface area contributed by atoms with Gasteiger partial charge in [0.25, 0.3) is 0 Å². The zero-order chi connectivity index (χ0) is 15.5. The Morgan fingerprint density at radius 1 is 1.29 bits per heavy atom. The fourth-order valence-corrected chi connectivity index (χ4v) is 3.95. The lowest BCUT2D eigenvalue weighted by molar-refractivity contribution is -0.130. The van der Waals surface area contributed by atoms with Gasteiger partial charge in [-0.05, 0) is 25.8 Å². The van der Waals surface area contributed by atoms with E-state index in [1.807, 2.05) is 0 Å². The standard InChI is InChI=1S/C14H21N3O3S/c1-11(14(18)17-8-4-2-3-5-9-17)21(19,20)13-6-7-16-10-12(13)15/h6-7,10-11H,2-5,8-9,15H2,1H3. The molecular weight excluding hydrogens is 290 g/mol. The van der Waals surface area contributed by atoms with Crippen molar-refractivity contribution >= 4 is 21.4 Å². The average Bonchev–Trinajstić information content (AvgIpc) is 2.75. The number of rotatable bonds is 3. The molecule has 0 bridgehead atoms. The Labute approximate surface area is 125 Å². The SMILES string of the molecule is CC(C(=O)N1CCCCCC1)S(=O)(=O)c1ccncc1N. The number of amides is 1. The minimum absolute atomic E-state index is 0.0202. The molecule has 6 nitrogen and oxygen atoms in total. The van der Waals surface area contributed by atoms with Gasteiger partial charge in [0.05, 0.1) is 16.8 Å². The second-order valence-electron chi connectivity index (χ2n) is 5.34. The Morgan fingerprint density at radius 2 is 1.90 bits per heavy atom. The van der Waals surface area contributed by atoms with E-state index in [9.17, 15) is 13.2 Å². The molecule has 7 heteroatoms. The van der Waals surface area contributed by atoms with Crippen molar-refractivity contribution in [2.75, 3.05) is 18.8 Å². The number of anilines is 1. The van der Waals surface area contributed by atoms with Gasteiger partial charge in [0, 0.05) is 19.3 Å². The summed E-state index contributed by atoms with van der Waals surface area (Å²) in [6, 6.07) is 1.34. The van der Waals surface area contributed by atoms with E-state index in [4.69, 9.17) is 5.73 Å². The number of carbonyl (C=O) groups is 1. The number of likely N-dealkylation sites (tertiary alicyclic amines) is 1. The number of hydrogen-bond donors (Lipinski definition) is 1. The summed E-state index contributed by atoms with van der Waals surface area (Å²) in [5.41, 5.74) is 5.76. The molecule has 1 unspecified atom stereocenters. The van der Waals surface area contributed by atoms with Gasteiger partial charge in [-0.2, -0.15) is 0 Å². The molecule has 1 atom stereocenters. The number of hydrogen-bond acceptors (Lipinski definition) is 5. The Kier molecular flexibility index (Phi) is 4.82. The van der Waals surface area contributed by atoms with Gasteiger partial charge in [0.15, 0.2) is 9.84 Å².